The maximum absolute atomic E-state index is 3.10. The summed E-state index contributed by atoms with van der Waals surface area (Å²) in [5.74, 6) is 0. The SMILES string of the molecule is CP([As](c1ccccc1)(c1ccccc1)c1ccccc1)[As](c1ccccc1)(c1ccccc1)c1ccccc1. The second-order valence-corrected chi connectivity index (χ2v) is 40.8. The van der Waals surface area contributed by atoms with E-state index in [0.717, 1.165) is 0 Å². The molecule has 2 radical (unpaired) electrons. The molecule has 0 unspecified atom stereocenters. The van der Waals surface area contributed by atoms with Crippen molar-refractivity contribution < 1.29 is 0 Å². The molecule has 0 fully saturated rings. The average Bonchev–Trinajstić information content (AvgIpc) is 3.05. The van der Waals surface area contributed by atoms with Gasteiger partial charge in [0.2, 0.25) is 0 Å². The molecule has 0 aliphatic rings. The molecule has 0 aliphatic heterocycles. The zero-order valence-electron chi connectivity index (χ0n) is 22.7. The van der Waals surface area contributed by atoms with E-state index in [-0.39, 0.29) is 0 Å². The predicted octanol–water partition coefficient (Wildman–Crippen LogP) is 5.43. The number of benzene rings is 6. The molecule has 0 nitrogen and oxygen atoms in total. The van der Waals surface area contributed by atoms with Crippen LogP contribution in [0.5, 0.6) is 0 Å². The Morgan fingerprint density at radius 3 is 0.575 bits per heavy atom. The van der Waals surface area contributed by atoms with Crippen LogP contribution in [0.1, 0.15) is 0 Å². The van der Waals surface area contributed by atoms with Crippen molar-refractivity contribution in [1.29, 1.82) is 0 Å². The predicted molar refractivity (Wildman–Crippen MR) is 181 cm³/mol. The summed E-state index contributed by atoms with van der Waals surface area (Å²) in [6.07, 6.45) is 0. The molecule has 0 spiro atoms. The fraction of sp³-hybridized carbons (Fsp3) is 0.0270. The van der Waals surface area contributed by atoms with Crippen molar-refractivity contribution in [3.63, 3.8) is 0 Å². The van der Waals surface area contributed by atoms with Crippen LogP contribution in [0.4, 0.5) is 0 Å². The zero-order valence-corrected chi connectivity index (χ0v) is 27.3. The first-order valence-corrected chi connectivity index (χ1v) is 26.0. The van der Waals surface area contributed by atoms with E-state index in [0.29, 0.717) is 0 Å². The van der Waals surface area contributed by atoms with E-state index in [4.69, 9.17) is 0 Å². The summed E-state index contributed by atoms with van der Waals surface area (Å²) >= 11 is -6.21. The summed E-state index contributed by atoms with van der Waals surface area (Å²) in [6, 6.07) is 69.2. The molecule has 40 heavy (non-hydrogen) atoms. The van der Waals surface area contributed by atoms with E-state index < -0.39 is 31.2 Å². The van der Waals surface area contributed by atoms with Gasteiger partial charge in [0.05, 0.1) is 0 Å². The molecule has 0 amide bonds. The van der Waals surface area contributed by atoms with Gasteiger partial charge in [0.1, 0.15) is 0 Å². The number of hydrogen-bond donors (Lipinski definition) is 0. The molecule has 196 valence electrons. The van der Waals surface area contributed by atoms with Gasteiger partial charge in [0.15, 0.2) is 0 Å². The molecule has 6 aromatic rings. The van der Waals surface area contributed by atoms with Gasteiger partial charge in [-0.3, -0.25) is 0 Å². The Morgan fingerprint density at radius 1 is 0.275 bits per heavy atom. The summed E-state index contributed by atoms with van der Waals surface area (Å²) in [6.45, 7) is 2.68. The first-order valence-electron chi connectivity index (χ1n) is 13.7. The molecule has 0 saturated carbocycles. The van der Waals surface area contributed by atoms with Gasteiger partial charge in [-0.1, -0.05) is 0 Å². The fourth-order valence-corrected chi connectivity index (χ4v) is 72.5. The Morgan fingerprint density at radius 2 is 0.425 bits per heavy atom. The van der Waals surface area contributed by atoms with Crippen LogP contribution in [0.15, 0.2) is 182 Å². The van der Waals surface area contributed by atoms with Gasteiger partial charge in [-0.25, -0.2) is 0 Å². The first kappa shape index (κ1) is 27.1. The molecule has 6 aromatic carbocycles. The third kappa shape index (κ3) is 4.64. The minimum atomic E-state index is -3.10. The van der Waals surface area contributed by atoms with E-state index in [1.165, 1.54) is 26.1 Å². The second kappa shape index (κ2) is 12.2. The van der Waals surface area contributed by atoms with Crippen LogP contribution in [0.2, 0.25) is 0 Å². The van der Waals surface area contributed by atoms with Crippen LogP contribution in [0, 0.1) is 0 Å². The molecule has 0 saturated heterocycles. The Bertz CT molecular complexity index is 1310. The Balaban J connectivity index is 1.81. The fourth-order valence-electron chi connectivity index (χ4n) is 5.96. The van der Waals surface area contributed by atoms with Gasteiger partial charge in [-0.05, 0) is 0 Å². The first-order chi connectivity index (χ1) is 19.8. The third-order valence-corrected chi connectivity index (χ3v) is 58.2. The van der Waals surface area contributed by atoms with Crippen LogP contribution in [-0.2, 0) is 0 Å². The van der Waals surface area contributed by atoms with Crippen LogP contribution >= 0.6 is 5.04 Å². The molecule has 0 aliphatic carbocycles. The van der Waals surface area contributed by atoms with Gasteiger partial charge in [0.25, 0.3) is 0 Å². The van der Waals surface area contributed by atoms with Crippen LogP contribution in [-0.4, -0.2) is 32.9 Å². The van der Waals surface area contributed by atoms with Crippen molar-refractivity contribution in [2.24, 2.45) is 0 Å². The van der Waals surface area contributed by atoms with E-state index >= 15 is 0 Å². The summed E-state index contributed by atoms with van der Waals surface area (Å²) in [5.41, 5.74) is 0. The molecule has 0 bridgehead atoms. The zero-order chi connectivity index (χ0) is 27.3. The van der Waals surface area contributed by atoms with E-state index in [9.17, 15) is 0 Å². The molecule has 0 N–H and O–H groups in total. The van der Waals surface area contributed by atoms with Crippen molar-refractivity contribution >= 4 is 57.3 Å². The van der Waals surface area contributed by atoms with Crippen molar-refractivity contribution in [2.75, 3.05) is 6.66 Å². The van der Waals surface area contributed by atoms with E-state index in [1.54, 1.807) is 0 Å². The van der Waals surface area contributed by atoms with E-state index in [1.807, 2.05) is 0 Å². The van der Waals surface area contributed by atoms with Gasteiger partial charge >= 0.3 is 246 Å². The molecule has 3 heteroatoms. The van der Waals surface area contributed by atoms with Gasteiger partial charge in [-0.2, -0.15) is 0 Å². The third-order valence-electron chi connectivity index (χ3n) is 7.65. The molecule has 0 aromatic heterocycles. The Labute approximate surface area is 244 Å². The molecule has 0 heterocycles. The summed E-state index contributed by atoms with van der Waals surface area (Å²) in [5, 5.41) is -0.590. The quantitative estimate of drug-likeness (QED) is 0.151. The number of rotatable bonds is 8. The molecule has 6 rings (SSSR count). The Kier molecular flexibility index (Phi) is 8.23. The summed E-state index contributed by atoms with van der Waals surface area (Å²) < 4.78 is 9.17. The van der Waals surface area contributed by atoms with Crippen molar-refractivity contribution in [1.82, 2.24) is 0 Å². The molecular formula is C37H33As2P. The molecule has 0 atom stereocenters. The van der Waals surface area contributed by atoms with Crippen LogP contribution in [0.3, 0.4) is 0 Å². The van der Waals surface area contributed by atoms with E-state index in [2.05, 4.69) is 189 Å². The number of hydrogen-bond acceptors (Lipinski definition) is 0. The van der Waals surface area contributed by atoms with Gasteiger partial charge < -0.3 is 0 Å². The Hall–Kier alpha value is -3.13. The summed E-state index contributed by atoms with van der Waals surface area (Å²) in [4.78, 5) is 0. The second-order valence-electron chi connectivity index (χ2n) is 9.77. The standard InChI is InChI=1S/C37H33As2P/c1-40(38(32-20-8-2-9-21-32,33-22-10-3-11-23-33)34-24-12-4-13-25-34)39(35-26-14-5-15-27-35,36-28-16-6-17-29-36)37-30-18-7-19-31-37/h2-31H,1H3. The molecular weight excluding hydrogens is 625 g/mol. The van der Waals surface area contributed by atoms with Crippen molar-refractivity contribution in [3.05, 3.63) is 182 Å². The normalized spacial score (nSPS) is 11.8. The van der Waals surface area contributed by atoms with Crippen molar-refractivity contribution in [2.45, 2.75) is 0 Å². The monoisotopic (exact) mass is 658 g/mol. The summed E-state index contributed by atoms with van der Waals surface area (Å²) in [7, 11) is 0. The average molecular weight is 658 g/mol. The van der Waals surface area contributed by atoms with Gasteiger partial charge in [-0.15, -0.1) is 0 Å². The van der Waals surface area contributed by atoms with Crippen molar-refractivity contribution in [3.8, 4) is 0 Å². The van der Waals surface area contributed by atoms with Gasteiger partial charge in [0, 0.05) is 0 Å². The maximum atomic E-state index is 2.68. The minimum absolute atomic E-state index is 0.590. The topological polar surface area (TPSA) is 0 Å². The van der Waals surface area contributed by atoms with Crippen LogP contribution < -0.4 is 26.1 Å². The van der Waals surface area contributed by atoms with Crippen LogP contribution in [0.25, 0.3) is 0 Å².